The quantitative estimate of drug-likeness (QED) is 0.588. The van der Waals surface area contributed by atoms with Crippen molar-refractivity contribution >= 4 is 39.2 Å². The lowest BCUT2D eigenvalue weighted by Gasteiger charge is -2.01. The molecule has 4 nitrogen and oxygen atoms in total. The van der Waals surface area contributed by atoms with Crippen molar-refractivity contribution in [3.05, 3.63) is 53.3 Å². The van der Waals surface area contributed by atoms with Gasteiger partial charge in [-0.2, -0.15) is 0 Å². The summed E-state index contributed by atoms with van der Waals surface area (Å²) < 4.78 is 1.00. The van der Waals surface area contributed by atoms with Gasteiger partial charge in [0.25, 0.3) is 0 Å². The van der Waals surface area contributed by atoms with E-state index in [-0.39, 0.29) is 0 Å². The van der Waals surface area contributed by atoms with Crippen LogP contribution < -0.4 is 0 Å². The summed E-state index contributed by atoms with van der Waals surface area (Å²) >= 11 is 2.84. The molecule has 0 aliphatic rings. The second kappa shape index (κ2) is 5.60. The molecule has 20 heavy (non-hydrogen) atoms. The number of nitrogens with zero attached hydrogens (tertiary/aromatic N) is 2. The number of hydrogen-bond donors (Lipinski definition) is 1. The van der Waals surface area contributed by atoms with E-state index in [2.05, 4.69) is 9.97 Å². The summed E-state index contributed by atoms with van der Waals surface area (Å²) in [5.41, 5.74) is 0.863. The second-order valence-electron chi connectivity index (χ2n) is 4.05. The van der Waals surface area contributed by atoms with Crippen LogP contribution in [-0.2, 0) is 5.75 Å². The molecule has 0 aliphatic carbocycles. The van der Waals surface area contributed by atoms with Crippen LogP contribution in [0, 0.1) is 0 Å². The Morgan fingerprint density at radius 3 is 2.90 bits per heavy atom. The van der Waals surface area contributed by atoms with E-state index in [4.69, 9.17) is 0 Å². The van der Waals surface area contributed by atoms with Gasteiger partial charge in [-0.05, 0) is 23.1 Å². The first-order valence-electron chi connectivity index (χ1n) is 5.88. The zero-order chi connectivity index (χ0) is 13.9. The Morgan fingerprint density at radius 2 is 2.15 bits per heavy atom. The summed E-state index contributed by atoms with van der Waals surface area (Å²) in [5.74, 6) is -0.285. The molecule has 100 valence electrons. The lowest BCUT2D eigenvalue weighted by molar-refractivity contribution is 0.0701. The average Bonchev–Trinajstić information content (AvgIpc) is 2.85. The largest absolute Gasteiger partial charge is 0.477 e. The van der Waals surface area contributed by atoms with Crippen LogP contribution in [0.4, 0.5) is 0 Å². The van der Waals surface area contributed by atoms with Crippen molar-refractivity contribution in [2.45, 2.75) is 10.8 Å². The highest BCUT2D eigenvalue weighted by atomic mass is 32.2. The summed E-state index contributed by atoms with van der Waals surface area (Å²) in [6, 6.07) is 9.59. The van der Waals surface area contributed by atoms with E-state index >= 15 is 0 Å². The van der Waals surface area contributed by atoms with Crippen molar-refractivity contribution in [3.8, 4) is 0 Å². The minimum Gasteiger partial charge on any atom is -0.477 e. The number of benzene rings is 1. The second-order valence-corrected chi connectivity index (χ2v) is 6.10. The zero-order valence-corrected chi connectivity index (χ0v) is 11.9. The van der Waals surface area contributed by atoms with Gasteiger partial charge in [0.1, 0.15) is 11.2 Å². The van der Waals surface area contributed by atoms with Crippen molar-refractivity contribution in [1.82, 2.24) is 9.97 Å². The molecule has 0 saturated heterocycles. The van der Waals surface area contributed by atoms with Crippen LogP contribution in [0.3, 0.4) is 0 Å². The molecular weight excluding hydrogens is 292 g/mol. The Bertz CT molecular complexity index is 756. The molecule has 2 heterocycles. The minimum atomic E-state index is -0.871. The Balaban J connectivity index is 1.97. The number of aromatic nitrogens is 2. The van der Waals surface area contributed by atoms with Crippen molar-refractivity contribution in [2.24, 2.45) is 0 Å². The number of thioether (sulfide) groups is 1. The monoisotopic (exact) mass is 302 g/mol. The van der Waals surface area contributed by atoms with Crippen molar-refractivity contribution in [3.63, 3.8) is 0 Å². The number of carboxylic acids is 1. The minimum absolute atomic E-state index is 0.410. The molecule has 6 heteroatoms. The van der Waals surface area contributed by atoms with Crippen LogP contribution in [0.2, 0.25) is 0 Å². The number of hydrogen-bond acceptors (Lipinski definition) is 5. The van der Waals surface area contributed by atoms with Gasteiger partial charge in [0, 0.05) is 16.6 Å². The van der Waals surface area contributed by atoms with E-state index < -0.39 is 5.97 Å². The predicted octanol–water partition coefficient (Wildman–Crippen LogP) is 3.68. The zero-order valence-electron chi connectivity index (χ0n) is 10.3. The van der Waals surface area contributed by atoms with Crippen LogP contribution in [0.5, 0.6) is 0 Å². The number of carbonyl (C=O) groups is 1. The number of thiophene rings is 1. The summed E-state index contributed by atoms with van der Waals surface area (Å²) in [6.45, 7) is 0. The molecule has 0 spiro atoms. The third-order valence-electron chi connectivity index (χ3n) is 2.81. The first-order valence-corrected chi connectivity index (χ1v) is 7.68. The highest BCUT2D eigenvalue weighted by Gasteiger charge is 2.17. The first kappa shape index (κ1) is 13.1. The normalized spacial score (nSPS) is 10.8. The average molecular weight is 302 g/mol. The fraction of sp³-hybridized carbons (Fsp3) is 0.0714. The molecule has 0 unspecified atom stereocenters. The molecule has 0 amide bonds. The summed E-state index contributed by atoms with van der Waals surface area (Å²) in [5, 5.41) is 11.2. The molecule has 1 N–H and O–H groups in total. The SMILES string of the molecule is O=C(O)c1sc2ccccc2c1CSc1ccncn1. The van der Waals surface area contributed by atoms with Crippen molar-refractivity contribution in [2.75, 3.05) is 0 Å². The van der Waals surface area contributed by atoms with Gasteiger partial charge in [-0.25, -0.2) is 14.8 Å². The smallest absolute Gasteiger partial charge is 0.346 e. The van der Waals surface area contributed by atoms with E-state index in [9.17, 15) is 9.90 Å². The molecule has 0 saturated carbocycles. The molecule has 1 aromatic carbocycles. The van der Waals surface area contributed by atoms with Gasteiger partial charge >= 0.3 is 5.97 Å². The van der Waals surface area contributed by atoms with Gasteiger partial charge < -0.3 is 5.11 Å². The molecule has 0 fully saturated rings. The number of rotatable bonds is 4. The van der Waals surface area contributed by atoms with E-state index in [0.29, 0.717) is 10.6 Å². The van der Waals surface area contributed by atoms with Crippen molar-refractivity contribution in [1.29, 1.82) is 0 Å². The number of aromatic carboxylic acids is 1. The van der Waals surface area contributed by atoms with E-state index in [1.165, 1.54) is 29.4 Å². The molecular formula is C14H10N2O2S2. The Labute approximate surface area is 123 Å². The fourth-order valence-corrected chi connectivity index (χ4v) is 3.95. The standard InChI is InChI=1S/C14H10N2O2S2/c17-14(18)13-10(7-19-12-5-6-15-8-16-12)9-3-1-2-4-11(9)20-13/h1-6,8H,7H2,(H,17,18). The summed E-state index contributed by atoms with van der Waals surface area (Å²) in [4.78, 5) is 19.8. The molecule has 0 atom stereocenters. The van der Waals surface area contributed by atoms with Crippen molar-refractivity contribution < 1.29 is 9.90 Å². The van der Waals surface area contributed by atoms with Gasteiger partial charge in [0.05, 0.1) is 5.03 Å². The van der Waals surface area contributed by atoms with Gasteiger partial charge in [-0.3, -0.25) is 0 Å². The van der Waals surface area contributed by atoms with Crippen LogP contribution in [0.1, 0.15) is 15.2 Å². The molecule has 3 rings (SSSR count). The van der Waals surface area contributed by atoms with Gasteiger partial charge in [-0.15, -0.1) is 23.1 Å². The fourth-order valence-electron chi connectivity index (χ4n) is 1.92. The highest BCUT2D eigenvalue weighted by Crippen LogP contribution is 2.35. The van der Waals surface area contributed by atoms with Gasteiger partial charge in [0.2, 0.25) is 0 Å². The predicted molar refractivity (Wildman–Crippen MR) is 80.4 cm³/mol. The maximum atomic E-state index is 11.4. The lowest BCUT2D eigenvalue weighted by Crippen LogP contribution is -1.96. The van der Waals surface area contributed by atoms with E-state index in [1.807, 2.05) is 30.3 Å². The lowest BCUT2D eigenvalue weighted by atomic mass is 10.1. The summed E-state index contributed by atoms with van der Waals surface area (Å²) in [7, 11) is 0. The third-order valence-corrected chi connectivity index (χ3v) is 4.98. The maximum absolute atomic E-state index is 11.4. The third kappa shape index (κ3) is 2.52. The van der Waals surface area contributed by atoms with E-state index in [0.717, 1.165) is 20.7 Å². The Hall–Kier alpha value is -1.92. The maximum Gasteiger partial charge on any atom is 0.346 e. The number of carboxylic acid groups (broad SMARTS) is 1. The Kier molecular flexibility index (Phi) is 3.66. The van der Waals surface area contributed by atoms with Crippen LogP contribution in [-0.4, -0.2) is 21.0 Å². The highest BCUT2D eigenvalue weighted by molar-refractivity contribution is 7.98. The molecule has 0 radical (unpaired) electrons. The van der Waals surface area contributed by atoms with Gasteiger partial charge in [0.15, 0.2) is 0 Å². The molecule has 3 aromatic rings. The number of fused-ring (bicyclic) bond motifs is 1. The van der Waals surface area contributed by atoms with Crippen LogP contribution in [0.15, 0.2) is 47.9 Å². The molecule has 0 bridgehead atoms. The Morgan fingerprint density at radius 1 is 1.30 bits per heavy atom. The van der Waals surface area contributed by atoms with E-state index in [1.54, 1.807) is 6.20 Å². The van der Waals surface area contributed by atoms with Crippen LogP contribution in [0.25, 0.3) is 10.1 Å². The van der Waals surface area contributed by atoms with Crippen LogP contribution >= 0.6 is 23.1 Å². The topological polar surface area (TPSA) is 63.1 Å². The first-order chi connectivity index (χ1) is 9.75. The summed E-state index contributed by atoms with van der Waals surface area (Å²) in [6.07, 6.45) is 3.17. The molecule has 2 aromatic heterocycles. The van der Waals surface area contributed by atoms with Gasteiger partial charge in [-0.1, -0.05) is 18.2 Å². The molecule has 0 aliphatic heterocycles.